The van der Waals surface area contributed by atoms with Gasteiger partial charge >= 0.3 is 0 Å². The molecule has 0 saturated carbocycles. The molecule has 8 heteroatoms. The van der Waals surface area contributed by atoms with Crippen LogP contribution < -0.4 is 10.6 Å². The average Bonchev–Trinajstić information content (AvgIpc) is 3.04. The molecular formula is C19H19ClN4O2S. The van der Waals surface area contributed by atoms with Crippen LogP contribution in [0, 0.1) is 13.8 Å². The highest BCUT2D eigenvalue weighted by atomic mass is 35.5. The summed E-state index contributed by atoms with van der Waals surface area (Å²) in [6, 6.07) is 11.1. The number of nitrogens with zero attached hydrogens (tertiary/aromatic N) is 1. The lowest BCUT2D eigenvalue weighted by atomic mass is 10.1. The summed E-state index contributed by atoms with van der Waals surface area (Å²) in [7, 11) is 0. The summed E-state index contributed by atoms with van der Waals surface area (Å²) in [5.74, 6) is -0.348. The van der Waals surface area contributed by atoms with Gasteiger partial charge in [-0.3, -0.25) is 9.59 Å². The number of benzene rings is 2. The van der Waals surface area contributed by atoms with Crippen LogP contribution in [0.4, 0.5) is 5.69 Å². The minimum absolute atomic E-state index is 0.0808. The predicted octanol–water partition coefficient (Wildman–Crippen LogP) is 3.68. The van der Waals surface area contributed by atoms with Crippen LogP contribution in [-0.4, -0.2) is 34.1 Å². The van der Waals surface area contributed by atoms with E-state index in [1.54, 1.807) is 12.1 Å². The van der Waals surface area contributed by atoms with E-state index >= 15 is 0 Å². The number of imidazole rings is 1. The number of aryl methyl sites for hydroxylation is 1. The van der Waals surface area contributed by atoms with E-state index in [4.69, 9.17) is 11.6 Å². The smallest absolute Gasteiger partial charge is 0.243 e. The second-order valence-electron chi connectivity index (χ2n) is 6.06. The maximum Gasteiger partial charge on any atom is 0.243 e. The van der Waals surface area contributed by atoms with Gasteiger partial charge in [-0.2, -0.15) is 0 Å². The van der Waals surface area contributed by atoms with Gasteiger partial charge in [0.15, 0.2) is 5.16 Å². The Kier molecular flexibility index (Phi) is 6.03. The first-order valence-corrected chi connectivity index (χ1v) is 9.69. The fraction of sp³-hybridized carbons (Fsp3) is 0.211. The second-order valence-corrected chi connectivity index (χ2v) is 7.46. The fourth-order valence-electron chi connectivity index (χ4n) is 2.47. The molecule has 3 aromatic rings. The molecule has 6 nitrogen and oxygen atoms in total. The molecule has 0 fully saturated rings. The van der Waals surface area contributed by atoms with Gasteiger partial charge in [0.1, 0.15) is 0 Å². The number of hydrogen-bond donors (Lipinski definition) is 3. The molecule has 0 saturated heterocycles. The summed E-state index contributed by atoms with van der Waals surface area (Å²) in [5.41, 5.74) is 4.47. The first-order chi connectivity index (χ1) is 12.9. The van der Waals surface area contributed by atoms with Crippen molar-refractivity contribution in [1.82, 2.24) is 15.3 Å². The van der Waals surface area contributed by atoms with Crippen LogP contribution in [0.2, 0.25) is 5.02 Å². The number of thioether (sulfide) groups is 1. The Bertz CT molecular complexity index is 1000. The molecule has 0 atom stereocenters. The van der Waals surface area contributed by atoms with Crippen molar-refractivity contribution in [2.45, 2.75) is 19.0 Å². The third-order valence-electron chi connectivity index (χ3n) is 4.09. The molecule has 0 spiro atoms. The molecule has 27 heavy (non-hydrogen) atoms. The van der Waals surface area contributed by atoms with E-state index in [0.29, 0.717) is 10.2 Å². The standard InChI is InChI=1S/C19H19ClN4O2S/c1-11-4-3-5-14(12(11)2)22-17(25)9-21-18(26)10-27-19-23-15-7-6-13(20)8-16(15)24-19/h3-8H,9-10H2,1-2H3,(H,21,26)(H,22,25)(H,23,24). The Labute approximate surface area is 166 Å². The van der Waals surface area contributed by atoms with E-state index in [0.717, 1.165) is 27.8 Å². The van der Waals surface area contributed by atoms with Crippen molar-refractivity contribution in [3.63, 3.8) is 0 Å². The number of amides is 2. The largest absolute Gasteiger partial charge is 0.346 e. The SMILES string of the molecule is Cc1cccc(NC(=O)CNC(=O)CSc2nc3ccc(Cl)cc3[nH]2)c1C. The van der Waals surface area contributed by atoms with Crippen molar-refractivity contribution in [3.05, 3.63) is 52.5 Å². The molecule has 1 aromatic heterocycles. The van der Waals surface area contributed by atoms with Gasteiger partial charge in [0.2, 0.25) is 11.8 Å². The molecule has 1 heterocycles. The summed E-state index contributed by atoms with van der Waals surface area (Å²) in [6.07, 6.45) is 0. The Hall–Kier alpha value is -2.51. The van der Waals surface area contributed by atoms with Crippen LogP contribution in [0.1, 0.15) is 11.1 Å². The average molecular weight is 403 g/mol. The molecule has 0 unspecified atom stereocenters. The summed E-state index contributed by atoms with van der Waals surface area (Å²) in [4.78, 5) is 31.5. The van der Waals surface area contributed by atoms with Crippen molar-refractivity contribution >= 4 is 51.9 Å². The number of nitrogens with one attached hydrogen (secondary N) is 3. The number of carbonyl (C=O) groups excluding carboxylic acids is 2. The number of aromatic amines is 1. The quantitative estimate of drug-likeness (QED) is 0.549. The predicted molar refractivity (Wildman–Crippen MR) is 109 cm³/mol. The topological polar surface area (TPSA) is 86.9 Å². The number of carbonyl (C=O) groups is 2. The van der Waals surface area contributed by atoms with Gasteiger partial charge in [0.05, 0.1) is 23.3 Å². The van der Waals surface area contributed by atoms with E-state index < -0.39 is 0 Å². The van der Waals surface area contributed by atoms with Gasteiger partial charge in [-0.15, -0.1) is 0 Å². The molecule has 3 rings (SSSR count). The zero-order valence-corrected chi connectivity index (χ0v) is 16.5. The molecule has 2 amide bonds. The van der Waals surface area contributed by atoms with Crippen LogP contribution in [0.5, 0.6) is 0 Å². The lowest BCUT2D eigenvalue weighted by Crippen LogP contribution is -2.34. The third-order valence-corrected chi connectivity index (χ3v) is 5.20. The van der Waals surface area contributed by atoms with E-state index in [-0.39, 0.29) is 24.1 Å². The molecule has 2 aromatic carbocycles. The number of halogens is 1. The normalized spacial score (nSPS) is 10.8. The first-order valence-electron chi connectivity index (χ1n) is 8.33. The number of anilines is 1. The van der Waals surface area contributed by atoms with Crippen molar-refractivity contribution < 1.29 is 9.59 Å². The first kappa shape index (κ1) is 19.3. The molecule has 0 aliphatic carbocycles. The highest BCUT2D eigenvalue weighted by molar-refractivity contribution is 7.99. The van der Waals surface area contributed by atoms with Gasteiger partial charge in [0.25, 0.3) is 0 Å². The maximum absolute atomic E-state index is 12.0. The zero-order chi connectivity index (χ0) is 19.4. The van der Waals surface area contributed by atoms with E-state index in [1.807, 2.05) is 38.1 Å². The van der Waals surface area contributed by atoms with Crippen molar-refractivity contribution in [2.24, 2.45) is 0 Å². The minimum atomic E-state index is -0.263. The lowest BCUT2D eigenvalue weighted by Gasteiger charge is -2.10. The van der Waals surface area contributed by atoms with Crippen molar-refractivity contribution in [2.75, 3.05) is 17.6 Å². The summed E-state index contributed by atoms with van der Waals surface area (Å²) >= 11 is 7.21. The van der Waals surface area contributed by atoms with E-state index in [1.165, 1.54) is 11.8 Å². The number of rotatable bonds is 6. The van der Waals surface area contributed by atoms with Gasteiger partial charge in [0, 0.05) is 10.7 Å². The number of fused-ring (bicyclic) bond motifs is 1. The number of H-pyrrole nitrogens is 1. The Morgan fingerprint density at radius 3 is 2.81 bits per heavy atom. The third kappa shape index (κ3) is 5.02. The molecular weight excluding hydrogens is 384 g/mol. The molecule has 3 N–H and O–H groups in total. The lowest BCUT2D eigenvalue weighted by molar-refractivity contribution is -0.122. The monoisotopic (exact) mass is 402 g/mol. The summed E-state index contributed by atoms with van der Waals surface area (Å²) < 4.78 is 0. The van der Waals surface area contributed by atoms with Gasteiger partial charge in [-0.25, -0.2) is 4.98 Å². The fourth-order valence-corrected chi connectivity index (χ4v) is 3.36. The minimum Gasteiger partial charge on any atom is -0.346 e. The molecule has 0 bridgehead atoms. The summed E-state index contributed by atoms with van der Waals surface area (Å²) in [6.45, 7) is 3.85. The van der Waals surface area contributed by atoms with Gasteiger partial charge in [-0.1, -0.05) is 35.5 Å². The van der Waals surface area contributed by atoms with Crippen LogP contribution in [-0.2, 0) is 9.59 Å². The summed E-state index contributed by atoms with van der Waals surface area (Å²) in [5, 5.41) is 6.67. The number of hydrogen-bond acceptors (Lipinski definition) is 4. The van der Waals surface area contributed by atoms with Crippen molar-refractivity contribution in [3.8, 4) is 0 Å². The van der Waals surface area contributed by atoms with Crippen LogP contribution in [0.15, 0.2) is 41.6 Å². The second kappa shape index (κ2) is 8.45. The van der Waals surface area contributed by atoms with E-state index in [2.05, 4.69) is 20.6 Å². The zero-order valence-electron chi connectivity index (χ0n) is 14.9. The van der Waals surface area contributed by atoms with Crippen molar-refractivity contribution in [1.29, 1.82) is 0 Å². The van der Waals surface area contributed by atoms with Crippen LogP contribution >= 0.6 is 23.4 Å². The Morgan fingerprint density at radius 2 is 2.00 bits per heavy atom. The molecule has 140 valence electrons. The van der Waals surface area contributed by atoms with Crippen LogP contribution in [0.25, 0.3) is 11.0 Å². The highest BCUT2D eigenvalue weighted by Gasteiger charge is 2.10. The number of aromatic nitrogens is 2. The molecule has 0 aliphatic rings. The molecule has 0 radical (unpaired) electrons. The molecule has 0 aliphatic heterocycles. The maximum atomic E-state index is 12.0. The van der Waals surface area contributed by atoms with Crippen LogP contribution in [0.3, 0.4) is 0 Å². The van der Waals surface area contributed by atoms with Gasteiger partial charge < -0.3 is 15.6 Å². The highest BCUT2D eigenvalue weighted by Crippen LogP contribution is 2.22. The van der Waals surface area contributed by atoms with Gasteiger partial charge in [-0.05, 0) is 49.2 Å². The Balaban J connectivity index is 1.47. The Morgan fingerprint density at radius 1 is 1.19 bits per heavy atom. The van der Waals surface area contributed by atoms with E-state index in [9.17, 15) is 9.59 Å².